The van der Waals surface area contributed by atoms with Crippen molar-refractivity contribution in [2.24, 2.45) is 11.8 Å². The van der Waals surface area contributed by atoms with Gasteiger partial charge in [0.2, 0.25) is 0 Å². The first-order valence-corrected chi connectivity index (χ1v) is 10.0. The van der Waals surface area contributed by atoms with Crippen molar-refractivity contribution < 1.29 is 15.0 Å². The fourth-order valence-electron chi connectivity index (χ4n) is 3.92. The van der Waals surface area contributed by atoms with Crippen molar-refractivity contribution in [1.29, 1.82) is 0 Å². The van der Waals surface area contributed by atoms with Crippen molar-refractivity contribution in [3.63, 3.8) is 0 Å². The molecule has 1 fully saturated rings. The van der Waals surface area contributed by atoms with Crippen LogP contribution in [0.2, 0.25) is 0 Å². The summed E-state index contributed by atoms with van der Waals surface area (Å²) in [6, 6.07) is 8.65. The summed E-state index contributed by atoms with van der Waals surface area (Å²) < 4.78 is 0. The van der Waals surface area contributed by atoms with E-state index in [2.05, 4.69) is 57.3 Å². The Morgan fingerprint density at radius 3 is 2.19 bits per heavy atom. The third kappa shape index (κ3) is 5.55. The minimum atomic E-state index is -0.752. The Morgan fingerprint density at radius 2 is 1.73 bits per heavy atom. The van der Waals surface area contributed by atoms with Crippen LogP contribution in [0.3, 0.4) is 0 Å². The van der Waals surface area contributed by atoms with Crippen molar-refractivity contribution in [3.8, 4) is 0 Å². The highest BCUT2D eigenvalue weighted by molar-refractivity contribution is 5.70. The first-order chi connectivity index (χ1) is 12.2. The Balaban J connectivity index is 1.88. The molecule has 4 nitrogen and oxygen atoms in total. The van der Waals surface area contributed by atoms with Crippen LogP contribution in [-0.4, -0.2) is 28.8 Å². The third-order valence-electron chi connectivity index (χ3n) is 5.69. The van der Waals surface area contributed by atoms with Crippen LogP contribution in [-0.2, 0) is 10.4 Å². The molecule has 1 saturated carbocycles. The standard InChI is InChI=1S/C22H35NO3/c1-15(2)13-18(21(24)25)14-23-20-9-11-22(26,12-10-20)19-7-5-17(6-8-19)16(3)4/h5-8,15-16,18,20,23,26H,9-14H2,1-4H3,(H,24,25). The highest BCUT2D eigenvalue weighted by Crippen LogP contribution is 2.37. The van der Waals surface area contributed by atoms with E-state index in [1.807, 2.05) is 0 Å². The van der Waals surface area contributed by atoms with Crippen LogP contribution >= 0.6 is 0 Å². The third-order valence-corrected chi connectivity index (χ3v) is 5.69. The van der Waals surface area contributed by atoms with Gasteiger partial charge in [-0.2, -0.15) is 0 Å². The topological polar surface area (TPSA) is 69.6 Å². The van der Waals surface area contributed by atoms with Crippen molar-refractivity contribution in [2.75, 3.05) is 6.54 Å². The average molecular weight is 362 g/mol. The lowest BCUT2D eigenvalue weighted by atomic mass is 9.77. The molecule has 1 unspecified atom stereocenters. The molecule has 0 aromatic heterocycles. The monoisotopic (exact) mass is 361 g/mol. The lowest BCUT2D eigenvalue weighted by Crippen LogP contribution is -2.42. The molecule has 1 atom stereocenters. The molecule has 0 heterocycles. The van der Waals surface area contributed by atoms with E-state index in [1.54, 1.807) is 0 Å². The highest BCUT2D eigenvalue weighted by Gasteiger charge is 2.35. The Kier molecular flexibility index (Phi) is 7.24. The maximum atomic E-state index is 11.4. The van der Waals surface area contributed by atoms with Crippen molar-refractivity contribution in [3.05, 3.63) is 35.4 Å². The van der Waals surface area contributed by atoms with E-state index in [0.717, 1.165) is 18.4 Å². The van der Waals surface area contributed by atoms with Crippen molar-refractivity contribution in [1.82, 2.24) is 5.32 Å². The van der Waals surface area contributed by atoms with Crippen LogP contribution in [0.15, 0.2) is 24.3 Å². The number of hydrogen-bond donors (Lipinski definition) is 3. The van der Waals surface area contributed by atoms with E-state index < -0.39 is 11.6 Å². The quantitative estimate of drug-likeness (QED) is 0.646. The van der Waals surface area contributed by atoms with Gasteiger partial charge in [0, 0.05) is 12.6 Å². The average Bonchev–Trinajstić information content (AvgIpc) is 2.59. The van der Waals surface area contributed by atoms with Crippen LogP contribution in [0.1, 0.15) is 76.8 Å². The van der Waals surface area contributed by atoms with Gasteiger partial charge in [-0.15, -0.1) is 0 Å². The van der Waals surface area contributed by atoms with Gasteiger partial charge >= 0.3 is 5.97 Å². The van der Waals surface area contributed by atoms with Gasteiger partial charge in [0.1, 0.15) is 0 Å². The van der Waals surface area contributed by atoms with Gasteiger partial charge in [0.25, 0.3) is 0 Å². The number of nitrogens with one attached hydrogen (secondary N) is 1. The van der Waals surface area contributed by atoms with E-state index in [9.17, 15) is 15.0 Å². The fourth-order valence-corrected chi connectivity index (χ4v) is 3.92. The fraction of sp³-hybridized carbons (Fsp3) is 0.682. The van der Waals surface area contributed by atoms with Crippen molar-refractivity contribution >= 4 is 5.97 Å². The molecule has 0 spiro atoms. The Hall–Kier alpha value is -1.39. The predicted molar refractivity (Wildman–Crippen MR) is 105 cm³/mol. The Bertz CT molecular complexity index is 572. The van der Waals surface area contributed by atoms with Gasteiger partial charge in [-0.1, -0.05) is 52.0 Å². The van der Waals surface area contributed by atoms with Crippen molar-refractivity contribution in [2.45, 2.75) is 77.4 Å². The minimum Gasteiger partial charge on any atom is -0.481 e. The van der Waals surface area contributed by atoms with Gasteiger partial charge in [-0.25, -0.2) is 0 Å². The zero-order valence-electron chi connectivity index (χ0n) is 16.7. The largest absolute Gasteiger partial charge is 0.481 e. The van der Waals surface area contributed by atoms with E-state index in [0.29, 0.717) is 43.7 Å². The maximum Gasteiger partial charge on any atom is 0.307 e. The second kappa shape index (κ2) is 9.01. The molecule has 0 bridgehead atoms. The summed E-state index contributed by atoms with van der Waals surface area (Å²) in [5.74, 6) is -0.182. The molecule has 1 aromatic rings. The van der Waals surface area contributed by atoms with Gasteiger partial charge in [-0.3, -0.25) is 4.79 Å². The summed E-state index contributed by atoms with van der Waals surface area (Å²) in [7, 11) is 0. The van der Waals surface area contributed by atoms with E-state index in [4.69, 9.17) is 0 Å². The molecular weight excluding hydrogens is 326 g/mol. The van der Waals surface area contributed by atoms with Gasteiger partial charge in [-0.05, 0) is 55.1 Å². The second-order valence-electron chi connectivity index (χ2n) is 8.66. The molecule has 26 heavy (non-hydrogen) atoms. The van der Waals surface area contributed by atoms with Gasteiger partial charge in [0.05, 0.1) is 11.5 Å². The lowest BCUT2D eigenvalue weighted by molar-refractivity contribution is -0.142. The first kappa shape index (κ1) is 20.9. The molecule has 0 saturated heterocycles. The summed E-state index contributed by atoms with van der Waals surface area (Å²) in [5, 5.41) is 23.8. The number of rotatable bonds is 8. The van der Waals surface area contributed by atoms with Crippen LogP contribution < -0.4 is 5.32 Å². The summed E-state index contributed by atoms with van der Waals surface area (Å²) in [5.41, 5.74) is 1.54. The number of aliphatic carboxylic acids is 1. The molecule has 1 aliphatic carbocycles. The van der Waals surface area contributed by atoms with Crippen LogP contribution in [0, 0.1) is 11.8 Å². The molecule has 0 aliphatic heterocycles. The van der Waals surface area contributed by atoms with E-state index in [1.165, 1.54) is 5.56 Å². The Morgan fingerprint density at radius 1 is 1.15 bits per heavy atom. The normalized spacial score (nSPS) is 24.8. The summed E-state index contributed by atoms with van der Waals surface area (Å²) in [6.45, 7) is 8.97. The predicted octanol–water partition coefficient (Wildman–Crippen LogP) is 4.28. The van der Waals surface area contributed by atoms with Crippen LogP contribution in [0.5, 0.6) is 0 Å². The summed E-state index contributed by atoms with van der Waals surface area (Å²) in [6.07, 6.45) is 3.87. The zero-order valence-corrected chi connectivity index (χ0v) is 16.7. The van der Waals surface area contributed by atoms with Gasteiger partial charge in [0.15, 0.2) is 0 Å². The SMILES string of the molecule is CC(C)CC(CNC1CCC(O)(c2ccc(C(C)C)cc2)CC1)C(=O)O. The number of carbonyl (C=O) groups is 1. The molecule has 146 valence electrons. The number of hydrogen-bond acceptors (Lipinski definition) is 3. The number of aliphatic hydroxyl groups is 1. The number of benzene rings is 1. The van der Waals surface area contributed by atoms with Crippen LogP contribution in [0.25, 0.3) is 0 Å². The lowest BCUT2D eigenvalue weighted by Gasteiger charge is -2.37. The molecule has 4 heteroatoms. The molecule has 1 aromatic carbocycles. The minimum absolute atomic E-state index is 0.291. The molecule has 2 rings (SSSR count). The maximum absolute atomic E-state index is 11.4. The number of carboxylic acids is 1. The van der Waals surface area contributed by atoms with E-state index >= 15 is 0 Å². The second-order valence-corrected chi connectivity index (χ2v) is 8.66. The first-order valence-electron chi connectivity index (χ1n) is 10.0. The van der Waals surface area contributed by atoms with Crippen LogP contribution in [0.4, 0.5) is 0 Å². The molecule has 0 amide bonds. The summed E-state index contributed by atoms with van der Waals surface area (Å²) in [4.78, 5) is 11.4. The molecule has 3 N–H and O–H groups in total. The highest BCUT2D eigenvalue weighted by atomic mass is 16.4. The van der Waals surface area contributed by atoms with Gasteiger partial charge < -0.3 is 15.5 Å². The molecular formula is C22H35NO3. The number of carboxylic acid groups (broad SMARTS) is 1. The van der Waals surface area contributed by atoms with E-state index in [-0.39, 0.29) is 5.92 Å². The smallest absolute Gasteiger partial charge is 0.307 e. The Labute approximate surface area is 158 Å². The molecule has 0 radical (unpaired) electrons. The zero-order chi connectivity index (χ0) is 19.3. The summed E-state index contributed by atoms with van der Waals surface area (Å²) >= 11 is 0. The molecule has 1 aliphatic rings.